The highest BCUT2D eigenvalue weighted by Gasteiger charge is 2.66. The maximum Gasteiger partial charge on any atom is 0.325 e. The van der Waals surface area contributed by atoms with Gasteiger partial charge in [-0.15, -0.1) is 0 Å². The largest absolute Gasteiger partial charge is 0.480 e. The van der Waals surface area contributed by atoms with Crippen LogP contribution in [0, 0.1) is 11.8 Å². The van der Waals surface area contributed by atoms with E-state index in [9.17, 15) is 19.5 Å². The van der Waals surface area contributed by atoms with Crippen LogP contribution in [0.25, 0.3) is 10.8 Å². The van der Waals surface area contributed by atoms with Gasteiger partial charge in [0.1, 0.15) is 5.54 Å². The van der Waals surface area contributed by atoms with Gasteiger partial charge in [0.25, 0.3) is 0 Å². The first-order chi connectivity index (χ1) is 14.5. The van der Waals surface area contributed by atoms with Crippen LogP contribution in [0.5, 0.6) is 0 Å². The molecule has 5 rings (SSSR count). The Labute approximate surface area is 172 Å². The number of imide groups is 1. The third kappa shape index (κ3) is 2.64. The first-order valence-electron chi connectivity index (χ1n) is 9.89. The topological polar surface area (TPSA) is 95.5 Å². The average Bonchev–Trinajstić information content (AvgIpc) is 3.25. The van der Waals surface area contributed by atoms with Crippen molar-refractivity contribution in [1.29, 1.82) is 0 Å². The zero-order valence-electron chi connectivity index (χ0n) is 16.0. The molecule has 30 heavy (non-hydrogen) atoms. The van der Waals surface area contributed by atoms with E-state index in [2.05, 4.69) is 10.6 Å². The predicted octanol–water partition coefficient (Wildman–Crippen LogP) is 2.44. The molecule has 2 saturated heterocycles. The summed E-state index contributed by atoms with van der Waals surface area (Å²) in [5, 5.41) is 17.9. The number of amides is 2. The van der Waals surface area contributed by atoms with Gasteiger partial charge < -0.3 is 5.11 Å². The number of carbonyl (C=O) groups excluding carboxylic acids is 2. The van der Waals surface area contributed by atoms with Crippen molar-refractivity contribution in [2.24, 2.45) is 11.8 Å². The van der Waals surface area contributed by atoms with E-state index in [1.807, 2.05) is 72.8 Å². The van der Waals surface area contributed by atoms with Gasteiger partial charge >= 0.3 is 5.97 Å². The molecular weight excluding hydrogens is 380 g/mol. The number of benzene rings is 3. The molecular formula is C24H20N2O4. The van der Waals surface area contributed by atoms with E-state index in [0.29, 0.717) is 0 Å². The number of carboxylic acids is 1. The summed E-state index contributed by atoms with van der Waals surface area (Å²) in [6.07, 6.45) is 0.103. The molecule has 2 aliphatic rings. The van der Waals surface area contributed by atoms with Crippen LogP contribution >= 0.6 is 0 Å². The standard InChI is InChI=1S/C24H20N2O4/c27-21-18-19(22(28)25-21)24(23(29)30,13-14-7-2-1-3-8-14)26-20(18)17-12-6-10-15-9-4-5-11-16(15)17/h1-12,18-20,26H,13H2,(H,29,30)(H,25,27,28). The molecule has 6 heteroatoms. The van der Waals surface area contributed by atoms with E-state index < -0.39 is 41.2 Å². The molecule has 0 saturated carbocycles. The third-order valence-electron chi connectivity index (χ3n) is 6.36. The predicted molar refractivity (Wildman–Crippen MR) is 110 cm³/mol. The molecule has 3 aromatic carbocycles. The Bertz CT molecular complexity index is 1170. The number of fused-ring (bicyclic) bond motifs is 2. The van der Waals surface area contributed by atoms with Crippen LogP contribution in [-0.2, 0) is 20.8 Å². The van der Waals surface area contributed by atoms with Crippen molar-refractivity contribution in [2.75, 3.05) is 0 Å². The summed E-state index contributed by atoms with van der Waals surface area (Å²) in [5.41, 5.74) is 0.0326. The molecule has 0 aromatic heterocycles. The summed E-state index contributed by atoms with van der Waals surface area (Å²) in [6.45, 7) is 0. The number of nitrogens with one attached hydrogen (secondary N) is 2. The van der Waals surface area contributed by atoms with Crippen molar-refractivity contribution in [1.82, 2.24) is 10.6 Å². The summed E-state index contributed by atoms with van der Waals surface area (Å²) in [6, 6.07) is 22.1. The number of carboxylic acid groups (broad SMARTS) is 1. The van der Waals surface area contributed by atoms with Crippen LogP contribution in [0.1, 0.15) is 17.2 Å². The molecule has 150 valence electrons. The highest BCUT2D eigenvalue weighted by molar-refractivity contribution is 6.09. The van der Waals surface area contributed by atoms with E-state index in [1.165, 1.54) is 0 Å². The Morgan fingerprint density at radius 3 is 2.37 bits per heavy atom. The van der Waals surface area contributed by atoms with Crippen molar-refractivity contribution >= 4 is 28.6 Å². The minimum atomic E-state index is -1.58. The van der Waals surface area contributed by atoms with E-state index in [1.54, 1.807) is 0 Å². The lowest BCUT2D eigenvalue weighted by Gasteiger charge is -2.30. The van der Waals surface area contributed by atoms with Gasteiger partial charge in [-0.05, 0) is 21.9 Å². The maximum absolute atomic E-state index is 12.8. The second kappa shape index (κ2) is 6.78. The second-order valence-electron chi connectivity index (χ2n) is 7.99. The van der Waals surface area contributed by atoms with Crippen molar-refractivity contribution in [3.8, 4) is 0 Å². The van der Waals surface area contributed by atoms with Crippen LogP contribution in [0.4, 0.5) is 0 Å². The van der Waals surface area contributed by atoms with E-state index in [0.717, 1.165) is 21.9 Å². The highest BCUT2D eigenvalue weighted by Crippen LogP contribution is 2.48. The van der Waals surface area contributed by atoms with Crippen LogP contribution in [0.2, 0.25) is 0 Å². The second-order valence-corrected chi connectivity index (χ2v) is 7.99. The summed E-state index contributed by atoms with van der Waals surface area (Å²) in [7, 11) is 0. The van der Waals surface area contributed by atoms with Crippen molar-refractivity contribution in [2.45, 2.75) is 18.0 Å². The Kier molecular flexibility index (Phi) is 4.18. The lowest BCUT2D eigenvalue weighted by molar-refractivity contribution is -0.149. The first-order valence-corrected chi connectivity index (χ1v) is 9.89. The molecule has 3 N–H and O–H groups in total. The fourth-order valence-electron chi connectivity index (χ4n) is 5.07. The molecule has 2 heterocycles. The van der Waals surface area contributed by atoms with Gasteiger partial charge in [-0.25, -0.2) is 0 Å². The van der Waals surface area contributed by atoms with Crippen LogP contribution in [0.15, 0.2) is 72.8 Å². The van der Waals surface area contributed by atoms with Crippen LogP contribution in [0.3, 0.4) is 0 Å². The zero-order chi connectivity index (χ0) is 20.9. The van der Waals surface area contributed by atoms with Gasteiger partial charge in [0.05, 0.1) is 11.8 Å². The van der Waals surface area contributed by atoms with E-state index in [4.69, 9.17) is 0 Å². The van der Waals surface area contributed by atoms with Gasteiger partial charge in [0.2, 0.25) is 11.8 Å². The summed E-state index contributed by atoms with van der Waals surface area (Å²) < 4.78 is 0. The van der Waals surface area contributed by atoms with Gasteiger partial charge in [-0.2, -0.15) is 0 Å². The molecule has 0 bridgehead atoms. The fourth-order valence-corrected chi connectivity index (χ4v) is 5.07. The molecule has 2 aliphatic heterocycles. The van der Waals surface area contributed by atoms with Gasteiger partial charge in [-0.3, -0.25) is 25.0 Å². The molecule has 4 unspecified atom stereocenters. The molecule has 2 fully saturated rings. The number of aliphatic carboxylic acids is 1. The van der Waals surface area contributed by atoms with E-state index >= 15 is 0 Å². The fraction of sp³-hybridized carbons (Fsp3) is 0.208. The first kappa shape index (κ1) is 18.5. The highest BCUT2D eigenvalue weighted by atomic mass is 16.4. The van der Waals surface area contributed by atoms with Crippen molar-refractivity contribution in [3.63, 3.8) is 0 Å². The quantitative estimate of drug-likeness (QED) is 0.585. The molecule has 4 atom stereocenters. The van der Waals surface area contributed by atoms with Crippen molar-refractivity contribution in [3.05, 3.63) is 83.9 Å². The Morgan fingerprint density at radius 1 is 0.900 bits per heavy atom. The summed E-state index contributed by atoms with van der Waals surface area (Å²) in [5.74, 6) is -3.87. The lowest BCUT2D eigenvalue weighted by atomic mass is 9.76. The normalized spacial score (nSPS) is 27.8. The van der Waals surface area contributed by atoms with E-state index in [-0.39, 0.29) is 6.42 Å². The molecule has 3 aromatic rings. The van der Waals surface area contributed by atoms with Crippen molar-refractivity contribution < 1.29 is 19.5 Å². The molecule has 6 nitrogen and oxygen atoms in total. The Morgan fingerprint density at radius 2 is 1.60 bits per heavy atom. The third-order valence-corrected chi connectivity index (χ3v) is 6.36. The average molecular weight is 400 g/mol. The minimum Gasteiger partial charge on any atom is -0.480 e. The van der Waals surface area contributed by atoms with Crippen LogP contribution < -0.4 is 10.6 Å². The van der Waals surface area contributed by atoms with Crippen LogP contribution in [-0.4, -0.2) is 28.4 Å². The minimum absolute atomic E-state index is 0.103. The zero-order valence-corrected chi connectivity index (χ0v) is 16.0. The SMILES string of the molecule is O=C1NC(=O)C2C1C(c1cccc3ccccc13)NC2(Cc1ccccc1)C(=O)O. The van der Waals surface area contributed by atoms with Gasteiger partial charge in [-0.1, -0.05) is 72.8 Å². The number of carbonyl (C=O) groups is 3. The van der Waals surface area contributed by atoms with Gasteiger partial charge in [0, 0.05) is 12.5 Å². The smallest absolute Gasteiger partial charge is 0.325 e. The molecule has 0 aliphatic carbocycles. The maximum atomic E-state index is 12.8. The van der Waals surface area contributed by atoms with Gasteiger partial charge in [0.15, 0.2) is 0 Å². The monoisotopic (exact) mass is 400 g/mol. The molecule has 0 spiro atoms. The molecule has 0 radical (unpaired) electrons. The summed E-state index contributed by atoms with van der Waals surface area (Å²) >= 11 is 0. The number of hydrogen-bond donors (Lipinski definition) is 3. The molecule has 2 amide bonds. The number of rotatable bonds is 4. The Hall–Kier alpha value is -3.51. The Balaban J connectivity index is 1.68. The number of hydrogen-bond acceptors (Lipinski definition) is 4. The lowest BCUT2D eigenvalue weighted by Crippen LogP contribution is -2.57. The summed E-state index contributed by atoms with van der Waals surface area (Å²) in [4.78, 5) is 38.2.